The molecule has 0 aromatic carbocycles. The third-order valence-electron chi connectivity index (χ3n) is 2.92. The number of hydrogen-bond donors (Lipinski definition) is 1. The number of nitrogens with zero attached hydrogens (tertiary/aromatic N) is 2. The number of aromatic nitrogens is 1. The second kappa shape index (κ2) is 4.14. The summed E-state index contributed by atoms with van der Waals surface area (Å²) in [5.74, 6) is 0.0328. The van der Waals surface area contributed by atoms with Crippen LogP contribution in [0, 0.1) is 13.8 Å². The normalized spacial score (nSPS) is 22.9. The number of amides is 1. The molecule has 2 rings (SSSR count). The van der Waals surface area contributed by atoms with Crippen molar-refractivity contribution in [1.82, 2.24) is 9.88 Å². The van der Waals surface area contributed by atoms with Crippen LogP contribution in [0.3, 0.4) is 0 Å². The standard InChI is InChI=1S/C11H16N2O2S/c1-6-11(16-8(3)12-6)7(2)13-5-9(14)4-10(13)15/h7,9,14H,4-5H2,1-3H3. The van der Waals surface area contributed by atoms with Gasteiger partial charge in [0, 0.05) is 11.4 Å². The van der Waals surface area contributed by atoms with Gasteiger partial charge in [0.25, 0.3) is 0 Å². The molecule has 0 aliphatic carbocycles. The summed E-state index contributed by atoms with van der Waals surface area (Å²) in [6.45, 7) is 6.37. The number of aliphatic hydroxyl groups excluding tert-OH is 1. The Morgan fingerprint density at radius 3 is 2.69 bits per heavy atom. The summed E-state index contributed by atoms with van der Waals surface area (Å²) in [5, 5.41) is 10.5. The van der Waals surface area contributed by atoms with Crippen LogP contribution in [0.4, 0.5) is 0 Å². The number of rotatable bonds is 2. The number of likely N-dealkylation sites (tertiary alicyclic amines) is 1. The largest absolute Gasteiger partial charge is 0.391 e. The van der Waals surface area contributed by atoms with Gasteiger partial charge in [-0.2, -0.15) is 0 Å². The van der Waals surface area contributed by atoms with Crippen molar-refractivity contribution in [3.05, 3.63) is 15.6 Å². The van der Waals surface area contributed by atoms with Crippen LogP contribution >= 0.6 is 11.3 Å². The molecule has 16 heavy (non-hydrogen) atoms. The zero-order valence-corrected chi connectivity index (χ0v) is 10.5. The Labute approximate surface area is 98.9 Å². The summed E-state index contributed by atoms with van der Waals surface area (Å²) in [5.41, 5.74) is 0.990. The van der Waals surface area contributed by atoms with Gasteiger partial charge in [-0.05, 0) is 20.8 Å². The SMILES string of the molecule is Cc1nc(C)c(C(C)N2CC(O)CC2=O)s1. The molecule has 1 aliphatic heterocycles. The lowest BCUT2D eigenvalue weighted by atomic mass is 10.2. The molecule has 1 N–H and O–H groups in total. The molecule has 0 bridgehead atoms. The van der Waals surface area contributed by atoms with Crippen molar-refractivity contribution in [2.24, 2.45) is 0 Å². The van der Waals surface area contributed by atoms with Crippen molar-refractivity contribution >= 4 is 17.2 Å². The fraction of sp³-hybridized carbons (Fsp3) is 0.636. The molecular formula is C11H16N2O2S. The van der Waals surface area contributed by atoms with E-state index in [1.807, 2.05) is 20.8 Å². The quantitative estimate of drug-likeness (QED) is 0.850. The Morgan fingerprint density at radius 1 is 1.56 bits per heavy atom. The highest BCUT2D eigenvalue weighted by Gasteiger charge is 2.33. The second-order valence-electron chi connectivity index (χ2n) is 4.26. The minimum Gasteiger partial charge on any atom is -0.391 e. The summed E-state index contributed by atoms with van der Waals surface area (Å²) in [7, 11) is 0. The van der Waals surface area contributed by atoms with Crippen LogP contribution in [0.15, 0.2) is 0 Å². The summed E-state index contributed by atoms with van der Waals surface area (Å²) >= 11 is 1.63. The van der Waals surface area contributed by atoms with Gasteiger partial charge in [-0.15, -0.1) is 11.3 Å². The van der Waals surface area contributed by atoms with Crippen molar-refractivity contribution in [2.45, 2.75) is 39.3 Å². The predicted octanol–water partition coefficient (Wildman–Crippen LogP) is 1.41. The van der Waals surface area contributed by atoms with Gasteiger partial charge in [0.15, 0.2) is 0 Å². The molecule has 2 atom stereocenters. The van der Waals surface area contributed by atoms with Gasteiger partial charge in [0.1, 0.15) is 0 Å². The molecule has 0 radical (unpaired) electrons. The average Bonchev–Trinajstić information content (AvgIpc) is 2.68. The van der Waals surface area contributed by atoms with Crippen LogP contribution in [0.2, 0.25) is 0 Å². The summed E-state index contributed by atoms with van der Waals surface area (Å²) in [6.07, 6.45) is -0.259. The fourth-order valence-electron chi connectivity index (χ4n) is 2.16. The first-order valence-electron chi connectivity index (χ1n) is 5.40. The molecule has 1 aromatic heterocycles. The number of thiazole rings is 1. The zero-order valence-electron chi connectivity index (χ0n) is 9.73. The topological polar surface area (TPSA) is 53.4 Å². The van der Waals surface area contributed by atoms with E-state index in [9.17, 15) is 9.90 Å². The molecule has 1 amide bonds. The van der Waals surface area contributed by atoms with E-state index in [2.05, 4.69) is 4.98 Å². The maximum absolute atomic E-state index is 11.7. The van der Waals surface area contributed by atoms with E-state index in [1.165, 1.54) is 0 Å². The van der Waals surface area contributed by atoms with Crippen LogP contribution in [-0.4, -0.2) is 33.5 Å². The monoisotopic (exact) mass is 240 g/mol. The summed E-state index contributed by atoms with van der Waals surface area (Å²) in [4.78, 5) is 18.9. The molecule has 5 heteroatoms. The highest BCUT2D eigenvalue weighted by molar-refractivity contribution is 7.11. The van der Waals surface area contributed by atoms with Crippen molar-refractivity contribution < 1.29 is 9.90 Å². The van der Waals surface area contributed by atoms with Gasteiger partial charge < -0.3 is 10.0 Å². The molecule has 0 saturated carbocycles. The van der Waals surface area contributed by atoms with E-state index in [-0.39, 0.29) is 18.4 Å². The predicted molar refractivity (Wildman–Crippen MR) is 62.3 cm³/mol. The number of aliphatic hydroxyl groups is 1. The summed E-state index contributed by atoms with van der Waals surface area (Å²) in [6, 6.07) is 0.0239. The minimum atomic E-state index is -0.510. The van der Waals surface area contributed by atoms with E-state index in [1.54, 1.807) is 16.2 Å². The van der Waals surface area contributed by atoms with E-state index in [0.29, 0.717) is 6.54 Å². The van der Waals surface area contributed by atoms with Crippen LogP contribution < -0.4 is 0 Å². The van der Waals surface area contributed by atoms with E-state index >= 15 is 0 Å². The Balaban J connectivity index is 2.22. The maximum Gasteiger partial charge on any atom is 0.225 e. The van der Waals surface area contributed by atoms with Gasteiger partial charge in [-0.3, -0.25) is 4.79 Å². The van der Waals surface area contributed by atoms with Crippen molar-refractivity contribution in [3.8, 4) is 0 Å². The van der Waals surface area contributed by atoms with Crippen molar-refractivity contribution in [3.63, 3.8) is 0 Å². The second-order valence-corrected chi connectivity index (χ2v) is 5.50. The van der Waals surface area contributed by atoms with E-state index < -0.39 is 6.10 Å². The van der Waals surface area contributed by atoms with E-state index in [0.717, 1.165) is 15.6 Å². The molecule has 1 aliphatic rings. The minimum absolute atomic E-state index is 0.0239. The lowest BCUT2D eigenvalue weighted by Gasteiger charge is -2.23. The van der Waals surface area contributed by atoms with Gasteiger partial charge in [0.05, 0.1) is 29.3 Å². The molecule has 88 valence electrons. The first-order valence-corrected chi connectivity index (χ1v) is 6.22. The lowest BCUT2D eigenvalue weighted by molar-refractivity contribution is -0.129. The zero-order chi connectivity index (χ0) is 11.9. The van der Waals surface area contributed by atoms with Crippen LogP contribution in [0.25, 0.3) is 0 Å². The van der Waals surface area contributed by atoms with Crippen LogP contribution in [0.1, 0.15) is 35.0 Å². The average molecular weight is 240 g/mol. The molecule has 2 heterocycles. The van der Waals surface area contributed by atoms with Crippen LogP contribution in [-0.2, 0) is 4.79 Å². The highest BCUT2D eigenvalue weighted by atomic mass is 32.1. The molecule has 1 saturated heterocycles. The Kier molecular flexibility index (Phi) is 2.99. The van der Waals surface area contributed by atoms with Crippen LogP contribution in [0.5, 0.6) is 0 Å². The Morgan fingerprint density at radius 2 is 2.25 bits per heavy atom. The Hall–Kier alpha value is -0.940. The molecule has 2 unspecified atom stereocenters. The lowest BCUT2D eigenvalue weighted by Crippen LogP contribution is -2.28. The molecule has 1 fully saturated rings. The van der Waals surface area contributed by atoms with Gasteiger partial charge in [-0.1, -0.05) is 0 Å². The maximum atomic E-state index is 11.7. The summed E-state index contributed by atoms with van der Waals surface area (Å²) < 4.78 is 0. The van der Waals surface area contributed by atoms with E-state index in [4.69, 9.17) is 0 Å². The smallest absolute Gasteiger partial charge is 0.225 e. The number of aryl methyl sites for hydroxylation is 2. The third kappa shape index (κ3) is 1.97. The highest BCUT2D eigenvalue weighted by Crippen LogP contribution is 2.31. The fourth-order valence-corrected chi connectivity index (χ4v) is 3.15. The van der Waals surface area contributed by atoms with Gasteiger partial charge in [0.2, 0.25) is 5.91 Å². The third-order valence-corrected chi connectivity index (χ3v) is 4.17. The molecule has 4 nitrogen and oxygen atoms in total. The number of hydrogen-bond acceptors (Lipinski definition) is 4. The molecular weight excluding hydrogens is 224 g/mol. The van der Waals surface area contributed by atoms with Crippen molar-refractivity contribution in [2.75, 3.05) is 6.54 Å². The van der Waals surface area contributed by atoms with Crippen molar-refractivity contribution in [1.29, 1.82) is 0 Å². The number of carbonyl (C=O) groups is 1. The van der Waals surface area contributed by atoms with Gasteiger partial charge >= 0.3 is 0 Å². The van der Waals surface area contributed by atoms with Gasteiger partial charge in [-0.25, -0.2) is 4.98 Å². The molecule has 1 aromatic rings. The Bertz CT molecular complexity index is 416. The number of carbonyl (C=O) groups excluding carboxylic acids is 1. The number of β-amino-alcohol motifs (C(OH)–C–C–N with tert-alkyl or cyclic N) is 1. The first kappa shape index (κ1) is 11.5. The first-order chi connectivity index (χ1) is 7.49. The molecule has 0 spiro atoms.